The van der Waals surface area contributed by atoms with Gasteiger partial charge in [-0.1, -0.05) is 18.2 Å². The van der Waals surface area contributed by atoms with Gasteiger partial charge in [0.25, 0.3) is 0 Å². The number of carbonyl (C=O) groups excluding carboxylic acids is 1. The molecule has 3 nitrogen and oxygen atoms in total. The summed E-state index contributed by atoms with van der Waals surface area (Å²) >= 11 is 0. The van der Waals surface area contributed by atoms with Crippen LogP contribution in [0.1, 0.15) is 42.4 Å². The van der Waals surface area contributed by atoms with E-state index in [9.17, 15) is 9.90 Å². The van der Waals surface area contributed by atoms with Crippen LogP contribution in [-0.4, -0.2) is 35.1 Å². The molecule has 0 aromatic heterocycles. The number of β-amino-alcohol motifs (C(OH)–C–C–N with tert-alkyl or cyclic N) is 1. The second-order valence-electron chi connectivity index (χ2n) is 6.12. The summed E-state index contributed by atoms with van der Waals surface area (Å²) in [6.07, 6.45) is 6.76. The fourth-order valence-corrected chi connectivity index (χ4v) is 3.36. The second-order valence-corrected chi connectivity index (χ2v) is 6.12. The van der Waals surface area contributed by atoms with Gasteiger partial charge < -0.3 is 10.0 Å². The van der Waals surface area contributed by atoms with Crippen LogP contribution in [0.2, 0.25) is 0 Å². The molecule has 1 aromatic carbocycles. The fourth-order valence-electron chi connectivity index (χ4n) is 3.36. The fraction of sp³-hybridized carbons (Fsp3) is 0.588. The number of piperidine rings is 1. The highest BCUT2D eigenvalue weighted by atomic mass is 16.3. The van der Waals surface area contributed by atoms with Gasteiger partial charge in [-0.3, -0.25) is 4.79 Å². The molecule has 0 radical (unpaired) electrons. The summed E-state index contributed by atoms with van der Waals surface area (Å²) in [5.41, 5.74) is 4.01. The molecule has 108 valence electrons. The Labute approximate surface area is 120 Å². The minimum atomic E-state index is -0.337. The number of fused-ring (bicyclic) bond motifs is 1. The van der Waals surface area contributed by atoms with Crippen molar-refractivity contribution in [2.24, 2.45) is 0 Å². The molecule has 3 heteroatoms. The zero-order valence-electron chi connectivity index (χ0n) is 12.0. The van der Waals surface area contributed by atoms with Crippen LogP contribution >= 0.6 is 0 Å². The van der Waals surface area contributed by atoms with Gasteiger partial charge in [0.15, 0.2) is 0 Å². The maximum Gasteiger partial charge on any atom is 0.227 e. The molecule has 1 amide bonds. The topological polar surface area (TPSA) is 40.5 Å². The van der Waals surface area contributed by atoms with Crippen LogP contribution in [0.25, 0.3) is 0 Å². The summed E-state index contributed by atoms with van der Waals surface area (Å²) in [5, 5.41) is 9.66. The number of rotatable bonds is 2. The molecule has 1 aromatic rings. The standard InChI is InChI=1S/C17H23NO2/c19-16-6-3-9-18(12-16)17(20)11-13-7-8-14-4-1-2-5-15(14)10-13/h7-8,10,16,19H,1-6,9,11-12H2. The van der Waals surface area contributed by atoms with Crippen molar-refractivity contribution in [3.63, 3.8) is 0 Å². The van der Waals surface area contributed by atoms with Gasteiger partial charge in [0.1, 0.15) is 0 Å². The zero-order chi connectivity index (χ0) is 13.9. The van der Waals surface area contributed by atoms with E-state index in [-0.39, 0.29) is 12.0 Å². The SMILES string of the molecule is O=C(Cc1ccc2c(c1)CCCC2)N1CCCC(O)C1. The molecule has 2 aliphatic rings. The van der Waals surface area contributed by atoms with Crippen molar-refractivity contribution in [2.75, 3.05) is 13.1 Å². The number of aliphatic hydroxyl groups excluding tert-OH is 1. The molecule has 1 saturated heterocycles. The Morgan fingerprint density at radius 1 is 1.20 bits per heavy atom. The van der Waals surface area contributed by atoms with Crippen molar-refractivity contribution in [3.8, 4) is 0 Å². The molecular formula is C17H23NO2. The Morgan fingerprint density at radius 3 is 2.80 bits per heavy atom. The number of likely N-dealkylation sites (tertiary alicyclic amines) is 1. The molecular weight excluding hydrogens is 250 g/mol. The van der Waals surface area contributed by atoms with Gasteiger partial charge in [0.05, 0.1) is 12.5 Å². The number of nitrogens with zero attached hydrogens (tertiary/aromatic N) is 1. The summed E-state index contributed by atoms with van der Waals surface area (Å²) < 4.78 is 0. The van der Waals surface area contributed by atoms with E-state index in [1.165, 1.54) is 30.4 Å². The van der Waals surface area contributed by atoms with E-state index in [0.29, 0.717) is 13.0 Å². The number of amides is 1. The highest BCUT2D eigenvalue weighted by Crippen LogP contribution is 2.23. The first-order valence-corrected chi connectivity index (χ1v) is 7.79. The molecule has 20 heavy (non-hydrogen) atoms. The molecule has 1 unspecified atom stereocenters. The molecule has 1 aliphatic carbocycles. The predicted molar refractivity (Wildman–Crippen MR) is 78.6 cm³/mol. The number of benzene rings is 1. The Morgan fingerprint density at radius 2 is 2.00 bits per heavy atom. The van der Waals surface area contributed by atoms with Gasteiger partial charge in [-0.25, -0.2) is 0 Å². The van der Waals surface area contributed by atoms with Crippen molar-refractivity contribution in [3.05, 3.63) is 34.9 Å². The third kappa shape index (κ3) is 3.04. The van der Waals surface area contributed by atoms with Crippen molar-refractivity contribution in [1.82, 2.24) is 4.90 Å². The first kappa shape index (κ1) is 13.6. The van der Waals surface area contributed by atoms with Crippen molar-refractivity contribution in [1.29, 1.82) is 0 Å². The number of aliphatic hydroxyl groups is 1. The molecule has 0 bridgehead atoms. The van der Waals surface area contributed by atoms with E-state index < -0.39 is 0 Å². The summed E-state index contributed by atoms with van der Waals surface area (Å²) in [6, 6.07) is 6.51. The molecule has 3 rings (SSSR count). The molecule has 1 N–H and O–H groups in total. The highest BCUT2D eigenvalue weighted by Gasteiger charge is 2.22. The zero-order valence-corrected chi connectivity index (χ0v) is 12.0. The Bertz CT molecular complexity index is 498. The number of aryl methyl sites for hydroxylation is 2. The minimum absolute atomic E-state index is 0.152. The Hall–Kier alpha value is -1.35. The molecule has 1 aliphatic heterocycles. The second kappa shape index (κ2) is 5.96. The minimum Gasteiger partial charge on any atom is -0.391 e. The van der Waals surface area contributed by atoms with E-state index in [2.05, 4.69) is 18.2 Å². The first-order chi connectivity index (χ1) is 9.72. The lowest BCUT2D eigenvalue weighted by Gasteiger charge is -2.30. The average Bonchev–Trinajstić information content (AvgIpc) is 2.47. The molecule has 1 atom stereocenters. The summed E-state index contributed by atoms with van der Waals surface area (Å²) in [5.74, 6) is 0.152. The smallest absolute Gasteiger partial charge is 0.227 e. The lowest BCUT2D eigenvalue weighted by atomic mass is 9.90. The monoisotopic (exact) mass is 273 g/mol. The summed E-state index contributed by atoms with van der Waals surface area (Å²) in [7, 11) is 0. The van der Waals surface area contributed by atoms with E-state index in [1.54, 1.807) is 0 Å². The Balaban J connectivity index is 1.66. The maximum atomic E-state index is 12.3. The molecule has 0 spiro atoms. The van der Waals surface area contributed by atoms with E-state index in [0.717, 1.165) is 31.4 Å². The normalized spacial score (nSPS) is 22.4. The largest absolute Gasteiger partial charge is 0.391 e. The van der Waals surface area contributed by atoms with Crippen molar-refractivity contribution >= 4 is 5.91 Å². The van der Waals surface area contributed by atoms with Gasteiger partial charge in [0.2, 0.25) is 5.91 Å². The van der Waals surface area contributed by atoms with Gasteiger partial charge in [-0.05, 0) is 55.2 Å². The lowest BCUT2D eigenvalue weighted by Crippen LogP contribution is -2.42. The third-order valence-corrected chi connectivity index (χ3v) is 4.52. The van der Waals surface area contributed by atoms with Crippen molar-refractivity contribution in [2.45, 2.75) is 51.0 Å². The van der Waals surface area contributed by atoms with E-state index in [4.69, 9.17) is 0 Å². The van der Waals surface area contributed by atoms with Crippen LogP contribution < -0.4 is 0 Å². The molecule has 1 fully saturated rings. The van der Waals surface area contributed by atoms with Gasteiger partial charge in [-0.2, -0.15) is 0 Å². The number of hydrogen-bond donors (Lipinski definition) is 1. The van der Waals surface area contributed by atoms with Crippen LogP contribution in [0, 0.1) is 0 Å². The third-order valence-electron chi connectivity index (χ3n) is 4.52. The van der Waals surface area contributed by atoms with Crippen molar-refractivity contribution < 1.29 is 9.90 Å². The van der Waals surface area contributed by atoms with Gasteiger partial charge in [-0.15, -0.1) is 0 Å². The highest BCUT2D eigenvalue weighted by molar-refractivity contribution is 5.79. The summed E-state index contributed by atoms with van der Waals surface area (Å²) in [6.45, 7) is 1.30. The first-order valence-electron chi connectivity index (χ1n) is 7.79. The van der Waals surface area contributed by atoms with Crippen LogP contribution in [0.5, 0.6) is 0 Å². The molecule has 1 heterocycles. The Kier molecular flexibility index (Phi) is 4.06. The van der Waals surface area contributed by atoms with Crippen LogP contribution in [0.3, 0.4) is 0 Å². The average molecular weight is 273 g/mol. The van der Waals surface area contributed by atoms with E-state index >= 15 is 0 Å². The van der Waals surface area contributed by atoms with Gasteiger partial charge in [0, 0.05) is 13.1 Å². The molecule has 0 saturated carbocycles. The number of hydrogen-bond acceptors (Lipinski definition) is 2. The number of carbonyl (C=O) groups is 1. The van der Waals surface area contributed by atoms with E-state index in [1.807, 2.05) is 4.90 Å². The predicted octanol–water partition coefficient (Wildman–Crippen LogP) is 2.09. The lowest BCUT2D eigenvalue weighted by molar-refractivity contribution is -0.133. The van der Waals surface area contributed by atoms with Crippen LogP contribution in [0.15, 0.2) is 18.2 Å². The summed E-state index contributed by atoms with van der Waals surface area (Å²) in [4.78, 5) is 14.1. The maximum absolute atomic E-state index is 12.3. The van der Waals surface area contributed by atoms with Crippen LogP contribution in [0.4, 0.5) is 0 Å². The quantitative estimate of drug-likeness (QED) is 0.896. The van der Waals surface area contributed by atoms with Crippen LogP contribution in [-0.2, 0) is 24.1 Å². The van der Waals surface area contributed by atoms with Gasteiger partial charge >= 0.3 is 0 Å².